The average molecular weight is 265 g/mol. The molecular formula is C16H27NO2. The van der Waals surface area contributed by atoms with E-state index in [0.717, 1.165) is 31.4 Å². The van der Waals surface area contributed by atoms with Gasteiger partial charge in [0.25, 0.3) is 0 Å². The molecule has 0 radical (unpaired) electrons. The lowest BCUT2D eigenvalue weighted by Gasteiger charge is -2.19. The SMILES string of the molecule is CCCC(N)C(O)CCc1c(C)cc(OC)cc1C. The van der Waals surface area contributed by atoms with E-state index in [4.69, 9.17) is 10.5 Å². The first-order valence-electron chi connectivity index (χ1n) is 7.07. The largest absolute Gasteiger partial charge is 0.497 e. The molecule has 1 rings (SSSR count). The third-order valence-electron chi connectivity index (χ3n) is 3.71. The molecule has 0 spiro atoms. The van der Waals surface area contributed by atoms with Crippen molar-refractivity contribution < 1.29 is 9.84 Å². The number of rotatable bonds is 7. The third-order valence-corrected chi connectivity index (χ3v) is 3.71. The van der Waals surface area contributed by atoms with E-state index in [2.05, 4.69) is 20.8 Å². The lowest BCUT2D eigenvalue weighted by molar-refractivity contribution is 0.131. The van der Waals surface area contributed by atoms with Gasteiger partial charge in [-0.3, -0.25) is 0 Å². The summed E-state index contributed by atoms with van der Waals surface area (Å²) in [4.78, 5) is 0. The van der Waals surface area contributed by atoms with Gasteiger partial charge >= 0.3 is 0 Å². The van der Waals surface area contributed by atoms with Crippen molar-refractivity contribution in [1.82, 2.24) is 0 Å². The number of aliphatic hydroxyl groups is 1. The highest BCUT2D eigenvalue weighted by Crippen LogP contribution is 2.23. The van der Waals surface area contributed by atoms with Gasteiger partial charge < -0.3 is 15.6 Å². The fourth-order valence-electron chi connectivity index (χ4n) is 2.50. The predicted molar refractivity (Wildman–Crippen MR) is 79.7 cm³/mol. The van der Waals surface area contributed by atoms with Crippen LogP contribution in [0, 0.1) is 13.8 Å². The highest BCUT2D eigenvalue weighted by atomic mass is 16.5. The summed E-state index contributed by atoms with van der Waals surface area (Å²) in [6, 6.07) is 3.98. The zero-order valence-electron chi connectivity index (χ0n) is 12.6. The Morgan fingerprint density at radius 2 is 1.79 bits per heavy atom. The van der Waals surface area contributed by atoms with E-state index in [-0.39, 0.29) is 6.04 Å². The monoisotopic (exact) mass is 265 g/mol. The minimum absolute atomic E-state index is 0.108. The van der Waals surface area contributed by atoms with Crippen LogP contribution < -0.4 is 10.5 Å². The molecule has 2 unspecified atom stereocenters. The van der Waals surface area contributed by atoms with Crippen LogP contribution in [0.25, 0.3) is 0 Å². The summed E-state index contributed by atoms with van der Waals surface area (Å²) in [7, 11) is 1.68. The van der Waals surface area contributed by atoms with Crippen LogP contribution in [0.5, 0.6) is 5.75 Å². The number of benzene rings is 1. The molecule has 0 saturated heterocycles. The van der Waals surface area contributed by atoms with Crippen LogP contribution in [-0.2, 0) is 6.42 Å². The van der Waals surface area contributed by atoms with E-state index in [1.807, 2.05) is 12.1 Å². The molecule has 0 amide bonds. The van der Waals surface area contributed by atoms with Crippen molar-refractivity contribution in [2.45, 2.75) is 58.6 Å². The van der Waals surface area contributed by atoms with E-state index >= 15 is 0 Å². The van der Waals surface area contributed by atoms with Gasteiger partial charge in [-0.1, -0.05) is 13.3 Å². The first kappa shape index (κ1) is 16.0. The molecule has 1 aromatic carbocycles. The Balaban J connectivity index is 2.67. The van der Waals surface area contributed by atoms with Crippen LogP contribution >= 0.6 is 0 Å². The summed E-state index contributed by atoms with van der Waals surface area (Å²) < 4.78 is 5.26. The lowest BCUT2D eigenvalue weighted by atomic mass is 9.94. The van der Waals surface area contributed by atoms with E-state index < -0.39 is 6.10 Å². The molecule has 19 heavy (non-hydrogen) atoms. The molecular weight excluding hydrogens is 238 g/mol. The van der Waals surface area contributed by atoms with E-state index in [1.165, 1.54) is 16.7 Å². The predicted octanol–water partition coefficient (Wildman–Crippen LogP) is 2.73. The first-order chi connectivity index (χ1) is 8.99. The van der Waals surface area contributed by atoms with Crippen LogP contribution in [0.2, 0.25) is 0 Å². The fourth-order valence-corrected chi connectivity index (χ4v) is 2.50. The molecule has 3 N–H and O–H groups in total. The molecule has 0 aliphatic carbocycles. The van der Waals surface area contributed by atoms with Gasteiger partial charge in [-0.2, -0.15) is 0 Å². The maximum atomic E-state index is 10.0. The molecule has 108 valence electrons. The van der Waals surface area contributed by atoms with E-state index in [0.29, 0.717) is 0 Å². The minimum atomic E-state index is -0.416. The Kier molecular flexibility index (Phi) is 6.32. The lowest BCUT2D eigenvalue weighted by Crippen LogP contribution is -2.34. The quantitative estimate of drug-likeness (QED) is 0.797. The van der Waals surface area contributed by atoms with E-state index in [9.17, 15) is 5.11 Å². The van der Waals surface area contributed by atoms with Crippen LogP contribution in [0.1, 0.15) is 42.9 Å². The summed E-state index contributed by atoms with van der Waals surface area (Å²) in [5.74, 6) is 0.891. The zero-order chi connectivity index (χ0) is 14.4. The molecule has 3 nitrogen and oxygen atoms in total. The first-order valence-corrected chi connectivity index (χ1v) is 7.07. The van der Waals surface area contributed by atoms with Crippen molar-refractivity contribution >= 4 is 0 Å². The number of methoxy groups -OCH3 is 1. The van der Waals surface area contributed by atoms with Gasteiger partial charge in [0.15, 0.2) is 0 Å². The van der Waals surface area contributed by atoms with Crippen molar-refractivity contribution in [2.24, 2.45) is 5.73 Å². The standard InChI is InChI=1S/C16H27NO2/c1-5-6-15(17)16(18)8-7-14-11(2)9-13(19-4)10-12(14)3/h9-10,15-16,18H,5-8,17H2,1-4H3. The second-order valence-corrected chi connectivity index (χ2v) is 5.30. The van der Waals surface area contributed by atoms with Gasteiger partial charge in [-0.05, 0) is 61.9 Å². The van der Waals surface area contributed by atoms with Crippen LogP contribution in [-0.4, -0.2) is 24.4 Å². The molecule has 2 atom stereocenters. The van der Waals surface area contributed by atoms with Crippen molar-refractivity contribution in [3.05, 3.63) is 28.8 Å². The van der Waals surface area contributed by atoms with Gasteiger partial charge in [0.2, 0.25) is 0 Å². The van der Waals surface area contributed by atoms with Gasteiger partial charge in [0, 0.05) is 6.04 Å². The fraction of sp³-hybridized carbons (Fsp3) is 0.625. The summed E-state index contributed by atoms with van der Waals surface area (Å²) in [6.07, 6.45) is 3.05. The number of hydrogen-bond acceptors (Lipinski definition) is 3. The Morgan fingerprint density at radius 3 is 2.26 bits per heavy atom. The summed E-state index contributed by atoms with van der Waals surface area (Å²) in [5, 5.41) is 10.0. The molecule has 0 heterocycles. The van der Waals surface area contributed by atoms with Crippen LogP contribution in [0.4, 0.5) is 0 Å². The number of nitrogens with two attached hydrogens (primary N) is 1. The highest BCUT2D eigenvalue weighted by Gasteiger charge is 2.15. The van der Waals surface area contributed by atoms with Gasteiger partial charge in [-0.25, -0.2) is 0 Å². The third kappa shape index (κ3) is 4.51. The second-order valence-electron chi connectivity index (χ2n) is 5.30. The number of hydrogen-bond donors (Lipinski definition) is 2. The van der Waals surface area contributed by atoms with Crippen LogP contribution in [0.3, 0.4) is 0 Å². The maximum Gasteiger partial charge on any atom is 0.119 e. The Bertz CT molecular complexity index is 381. The average Bonchev–Trinajstić information content (AvgIpc) is 2.37. The number of aryl methyl sites for hydroxylation is 2. The Hall–Kier alpha value is -1.06. The maximum absolute atomic E-state index is 10.0. The number of aliphatic hydroxyl groups excluding tert-OH is 1. The molecule has 0 aromatic heterocycles. The zero-order valence-corrected chi connectivity index (χ0v) is 12.6. The summed E-state index contributed by atoms with van der Waals surface area (Å²) in [5.41, 5.74) is 9.67. The van der Waals surface area contributed by atoms with E-state index in [1.54, 1.807) is 7.11 Å². The molecule has 0 fully saturated rings. The normalized spacial score (nSPS) is 14.2. The molecule has 0 aliphatic heterocycles. The van der Waals surface area contributed by atoms with Gasteiger partial charge in [-0.15, -0.1) is 0 Å². The van der Waals surface area contributed by atoms with Crippen molar-refractivity contribution in [3.63, 3.8) is 0 Å². The molecule has 1 aromatic rings. The highest BCUT2D eigenvalue weighted by molar-refractivity contribution is 5.41. The van der Waals surface area contributed by atoms with Crippen LogP contribution in [0.15, 0.2) is 12.1 Å². The molecule has 0 aliphatic rings. The topological polar surface area (TPSA) is 55.5 Å². The summed E-state index contributed by atoms with van der Waals surface area (Å²) >= 11 is 0. The number of ether oxygens (including phenoxy) is 1. The van der Waals surface area contributed by atoms with Crippen molar-refractivity contribution in [3.8, 4) is 5.75 Å². The van der Waals surface area contributed by atoms with Crippen molar-refractivity contribution in [2.75, 3.05) is 7.11 Å². The molecule has 3 heteroatoms. The second kappa shape index (κ2) is 7.51. The van der Waals surface area contributed by atoms with Crippen molar-refractivity contribution in [1.29, 1.82) is 0 Å². The smallest absolute Gasteiger partial charge is 0.119 e. The van der Waals surface area contributed by atoms with Gasteiger partial charge in [0.05, 0.1) is 13.2 Å². The minimum Gasteiger partial charge on any atom is -0.497 e. The summed E-state index contributed by atoms with van der Waals surface area (Å²) in [6.45, 7) is 6.26. The Labute approximate surface area is 116 Å². The molecule has 0 saturated carbocycles. The molecule has 0 bridgehead atoms. The van der Waals surface area contributed by atoms with Gasteiger partial charge in [0.1, 0.15) is 5.75 Å². The Morgan fingerprint density at radius 1 is 1.21 bits per heavy atom.